The molecule has 0 saturated heterocycles. The molecular formula is C17H15NS. The largest absolute Gasteiger partial charge is 0.398 e. The minimum Gasteiger partial charge on any atom is -0.398 e. The summed E-state index contributed by atoms with van der Waals surface area (Å²) >= 11 is 1.78. The number of nitrogen functional groups attached to an aromatic ring is 1. The minimum atomic E-state index is 0.837. The highest BCUT2D eigenvalue weighted by atomic mass is 32.2. The Balaban J connectivity index is 2.06. The average Bonchev–Trinajstić information content (AvgIpc) is 2.45. The van der Waals surface area contributed by atoms with Crippen LogP contribution in [0.3, 0.4) is 0 Å². The van der Waals surface area contributed by atoms with Crippen molar-refractivity contribution >= 4 is 28.2 Å². The van der Waals surface area contributed by atoms with E-state index in [9.17, 15) is 0 Å². The molecule has 2 heteroatoms. The number of anilines is 1. The maximum absolute atomic E-state index is 6.03. The van der Waals surface area contributed by atoms with Gasteiger partial charge in [0.2, 0.25) is 0 Å². The molecule has 0 heterocycles. The normalized spacial score (nSPS) is 10.8. The Labute approximate surface area is 117 Å². The lowest BCUT2D eigenvalue weighted by atomic mass is 10.1. The van der Waals surface area contributed by atoms with Crippen molar-refractivity contribution in [2.24, 2.45) is 0 Å². The first-order valence-electron chi connectivity index (χ1n) is 6.26. The summed E-state index contributed by atoms with van der Waals surface area (Å²) in [5.74, 6) is 0. The first-order chi connectivity index (χ1) is 9.24. The Kier molecular flexibility index (Phi) is 3.18. The molecule has 94 valence electrons. The van der Waals surface area contributed by atoms with Crippen LogP contribution in [0.25, 0.3) is 10.8 Å². The third-order valence-electron chi connectivity index (χ3n) is 3.17. The number of benzene rings is 3. The van der Waals surface area contributed by atoms with E-state index < -0.39 is 0 Å². The van der Waals surface area contributed by atoms with Crippen molar-refractivity contribution in [1.82, 2.24) is 0 Å². The molecule has 0 fully saturated rings. The third kappa shape index (κ3) is 2.45. The van der Waals surface area contributed by atoms with Gasteiger partial charge in [0.1, 0.15) is 0 Å². The number of hydrogen-bond donors (Lipinski definition) is 1. The molecule has 0 aliphatic rings. The number of nitrogens with two attached hydrogens (primary N) is 1. The van der Waals surface area contributed by atoms with Gasteiger partial charge in [-0.05, 0) is 36.6 Å². The second kappa shape index (κ2) is 4.98. The molecule has 0 aliphatic carbocycles. The molecule has 19 heavy (non-hydrogen) atoms. The van der Waals surface area contributed by atoms with Crippen LogP contribution in [0.15, 0.2) is 70.5 Å². The van der Waals surface area contributed by atoms with E-state index >= 15 is 0 Å². The quantitative estimate of drug-likeness (QED) is 0.668. The molecule has 0 atom stereocenters. The van der Waals surface area contributed by atoms with E-state index in [4.69, 9.17) is 5.73 Å². The molecule has 0 radical (unpaired) electrons. The summed E-state index contributed by atoms with van der Waals surface area (Å²) < 4.78 is 0. The molecule has 0 aliphatic heterocycles. The van der Waals surface area contributed by atoms with Crippen LogP contribution in [0.2, 0.25) is 0 Å². The van der Waals surface area contributed by atoms with Gasteiger partial charge in [0.05, 0.1) is 0 Å². The predicted molar refractivity (Wildman–Crippen MR) is 83.7 cm³/mol. The lowest BCUT2D eigenvalue weighted by Gasteiger charge is -2.08. The van der Waals surface area contributed by atoms with Crippen LogP contribution in [-0.2, 0) is 0 Å². The van der Waals surface area contributed by atoms with Crippen molar-refractivity contribution in [2.45, 2.75) is 16.7 Å². The Morgan fingerprint density at radius 1 is 0.789 bits per heavy atom. The highest BCUT2D eigenvalue weighted by Gasteiger charge is 2.05. The van der Waals surface area contributed by atoms with Crippen LogP contribution >= 0.6 is 11.8 Å². The van der Waals surface area contributed by atoms with Crippen LogP contribution in [0.1, 0.15) is 5.56 Å². The van der Waals surface area contributed by atoms with E-state index in [1.807, 2.05) is 12.1 Å². The second-order valence-electron chi connectivity index (χ2n) is 4.61. The first kappa shape index (κ1) is 12.1. The van der Waals surface area contributed by atoms with Gasteiger partial charge in [-0.1, -0.05) is 53.7 Å². The molecule has 0 aromatic heterocycles. The molecule has 0 amide bonds. The van der Waals surface area contributed by atoms with Crippen molar-refractivity contribution in [3.8, 4) is 0 Å². The van der Waals surface area contributed by atoms with Gasteiger partial charge in [0, 0.05) is 20.9 Å². The monoisotopic (exact) mass is 265 g/mol. The lowest BCUT2D eigenvalue weighted by molar-refractivity contribution is 1.37. The topological polar surface area (TPSA) is 26.0 Å². The van der Waals surface area contributed by atoms with Crippen molar-refractivity contribution in [2.75, 3.05) is 5.73 Å². The van der Waals surface area contributed by atoms with Crippen LogP contribution in [0, 0.1) is 6.92 Å². The fourth-order valence-electron chi connectivity index (χ4n) is 2.12. The Hall–Kier alpha value is -1.93. The fraction of sp³-hybridized carbons (Fsp3) is 0.0588. The molecule has 1 nitrogen and oxygen atoms in total. The minimum absolute atomic E-state index is 0.837. The second-order valence-corrected chi connectivity index (χ2v) is 5.73. The Morgan fingerprint density at radius 2 is 1.47 bits per heavy atom. The zero-order chi connectivity index (χ0) is 13.2. The fourth-order valence-corrected chi connectivity index (χ4v) is 3.07. The van der Waals surface area contributed by atoms with E-state index in [2.05, 4.69) is 55.5 Å². The van der Waals surface area contributed by atoms with Gasteiger partial charge in [-0.2, -0.15) is 0 Å². The van der Waals surface area contributed by atoms with Crippen molar-refractivity contribution < 1.29 is 0 Å². The van der Waals surface area contributed by atoms with E-state index in [1.165, 1.54) is 20.7 Å². The Morgan fingerprint density at radius 3 is 2.21 bits per heavy atom. The van der Waals surface area contributed by atoms with Gasteiger partial charge in [-0.15, -0.1) is 0 Å². The van der Waals surface area contributed by atoms with Crippen LogP contribution in [-0.4, -0.2) is 0 Å². The summed E-state index contributed by atoms with van der Waals surface area (Å²) in [6.07, 6.45) is 0. The first-order valence-corrected chi connectivity index (χ1v) is 7.07. The summed E-state index contributed by atoms with van der Waals surface area (Å²) in [5.41, 5.74) is 8.15. The van der Waals surface area contributed by atoms with Crippen LogP contribution in [0.5, 0.6) is 0 Å². The SMILES string of the molecule is Cc1ccc(Sc2ccc(N)c3ccccc23)cc1. The molecule has 0 spiro atoms. The van der Waals surface area contributed by atoms with Gasteiger partial charge in [0.15, 0.2) is 0 Å². The molecule has 0 saturated carbocycles. The number of fused-ring (bicyclic) bond motifs is 1. The summed E-state index contributed by atoms with van der Waals surface area (Å²) in [7, 11) is 0. The summed E-state index contributed by atoms with van der Waals surface area (Å²) in [6.45, 7) is 2.10. The van der Waals surface area contributed by atoms with E-state index in [1.54, 1.807) is 11.8 Å². The molecule has 0 unspecified atom stereocenters. The summed E-state index contributed by atoms with van der Waals surface area (Å²) in [4.78, 5) is 2.49. The van der Waals surface area contributed by atoms with E-state index in [0.29, 0.717) is 0 Å². The number of hydrogen-bond acceptors (Lipinski definition) is 2. The maximum atomic E-state index is 6.03. The van der Waals surface area contributed by atoms with E-state index in [0.717, 1.165) is 11.1 Å². The lowest BCUT2D eigenvalue weighted by Crippen LogP contribution is -1.87. The number of aryl methyl sites for hydroxylation is 1. The predicted octanol–water partition coefficient (Wildman–Crippen LogP) is 4.88. The van der Waals surface area contributed by atoms with Gasteiger partial charge in [-0.25, -0.2) is 0 Å². The van der Waals surface area contributed by atoms with Crippen LogP contribution in [0.4, 0.5) is 5.69 Å². The molecular weight excluding hydrogens is 250 g/mol. The number of rotatable bonds is 2. The highest BCUT2D eigenvalue weighted by molar-refractivity contribution is 7.99. The Bertz CT molecular complexity index is 717. The van der Waals surface area contributed by atoms with Crippen molar-refractivity contribution in [3.05, 3.63) is 66.2 Å². The van der Waals surface area contributed by atoms with Crippen molar-refractivity contribution in [3.63, 3.8) is 0 Å². The smallest absolute Gasteiger partial charge is 0.0394 e. The molecule has 2 N–H and O–H groups in total. The van der Waals surface area contributed by atoms with E-state index in [-0.39, 0.29) is 0 Å². The van der Waals surface area contributed by atoms with Gasteiger partial charge >= 0.3 is 0 Å². The van der Waals surface area contributed by atoms with Crippen molar-refractivity contribution in [1.29, 1.82) is 0 Å². The van der Waals surface area contributed by atoms with Gasteiger partial charge in [0.25, 0.3) is 0 Å². The zero-order valence-corrected chi connectivity index (χ0v) is 11.6. The summed E-state index contributed by atoms with van der Waals surface area (Å²) in [6, 6.07) is 21.0. The molecule has 3 aromatic carbocycles. The van der Waals surface area contributed by atoms with Gasteiger partial charge in [-0.3, -0.25) is 0 Å². The summed E-state index contributed by atoms with van der Waals surface area (Å²) in [5, 5.41) is 2.34. The molecule has 3 aromatic rings. The standard InChI is InChI=1S/C17H15NS/c1-12-6-8-13(9-7-12)19-17-11-10-16(18)14-4-2-3-5-15(14)17/h2-11H,18H2,1H3. The molecule has 3 rings (SSSR count). The van der Waals surface area contributed by atoms with Gasteiger partial charge < -0.3 is 5.73 Å². The highest BCUT2D eigenvalue weighted by Crippen LogP contribution is 2.35. The van der Waals surface area contributed by atoms with Crippen LogP contribution < -0.4 is 5.73 Å². The average molecular weight is 265 g/mol. The molecule has 0 bridgehead atoms. The zero-order valence-electron chi connectivity index (χ0n) is 10.8. The maximum Gasteiger partial charge on any atom is 0.0394 e. The third-order valence-corrected chi connectivity index (χ3v) is 4.25.